The van der Waals surface area contributed by atoms with Crippen LogP contribution in [0.25, 0.3) is 0 Å². The second-order valence-corrected chi connectivity index (χ2v) is 5.71. The molecule has 22 heavy (non-hydrogen) atoms. The molecule has 2 aromatic heterocycles. The van der Waals surface area contributed by atoms with Crippen LogP contribution < -0.4 is 0 Å². The summed E-state index contributed by atoms with van der Waals surface area (Å²) < 4.78 is 13.2. The molecule has 0 aliphatic carbocycles. The van der Waals surface area contributed by atoms with Crippen LogP contribution in [0.15, 0.2) is 18.3 Å². The molecular formula is C15H18FN5O. The van der Waals surface area contributed by atoms with Gasteiger partial charge in [-0.3, -0.25) is 9.89 Å². The Morgan fingerprint density at radius 1 is 1.50 bits per heavy atom. The third-order valence-electron chi connectivity index (χ3n) is 3.75. The molecule has 7 heteroatoms. The van der Waals surface area contributed by atoms with Crippen molar-refractivity contribution in [1.29, 1.82) is 0 Å². The molecule has 0 bridgehead atoms. The number of fused-ring (bicyclic) bond motifs is 1. The molecule has 0 atom stereocenters. The molecule has 6 nitrogen and oxygen atoms in total. The number of hydrogen-bond donors (Lipinski definition) is 1. The van der Waals surface area contributed by atoms with Crippen molar-refractivity contribution in [2.45, 2.75) is 19.5 Å². The Labute approximate surface area is 128 Å². The zero-order chi connectivity index (χ0) is 15.7. The molecule has 0 unspecified atom stereocenters. The molecule has 3 rings (SSSR count). The van der Waals surface area contributed by atoms with Crippen LogP contribution in [-0.4, -0.2) is 51.5 Å². The summed E-state index contributed by atoms with van der Waals surface area (Å²) in [4.78, 5) is 19.7. The van der Waals surface area contributed by atoms with E-state index in [0.29, 0.717) is 18.7 Å². The standard InChI is InChI=1S/C15H18FN5O/c1-20(2)8-12-11-4-6-21(9-13(11)19-18-12)15(22)10-3-5-17-14(16)7-10/h3,5,7H,4,6,8-9H2,1-2H3,(H,18,19). The summed E-state index contributed by atoms with van der Waals surface area (Å²) in [6.07, 6.45) is 2.07. The molecule has 0 saturated carbocycles. The molecule has 3 heterocycles. The molecule has 116 valence electrons. The fourth-order valence-electron chi connectivity index (χ4n) is 2.71. The van der Waals surface area contributed by atoms with E-state index >= 15 is 0 Å². The number of nitrogens with zero attached hydrogens (tertiary/aromatic N) is 4. The summed E-state index contributed by atoms with van der Waals surface area (Å²) in [6.45, 7) is 1.85. The van der Waals surface area contributed by atoms with Crippen LogP contribution in [0, 0.1) is 5.95 Å². The van der Waals surface area contributed by atoms with E-state index in [1.54, 1.807) is 4.90 Å². The van der Waals surface area contributed by atoms with Gasteiger partial charge in [-0.05, 0) is 26.6 Å². The van der Waals surface area contributed by atoms with Crippen molar-refractivity contribution in [1.82, 2.24) is 25.0 Å². The van der Waals surface area contributed by atoms with Gasteiger partial charge < -0.3 is 9.80 Å². The van der Waals surface area contributed by atoms with Crippen molar-refractivity contribution in [3.05, 3.63) is 46.8 Å². The highest BCUT2D eigenvalue weighted by Crippen LogP contribution is 2.22. The molecule has 0 saturated heterocycles. The van der Waals surface area contributed by atoms with Gasteiger partial charge in [0.05, 0.1) is 17.9 Å². The number of carbonyl (C=O) groups is 1. The Morgan fingerprint density at radius 2 is 2.32 bits per heavy atom. The first-order valence-corrected chi connectivity index (χ1v) is 7.15. The fraction of sp³-hybridized carbons (Fsp3) is 0.400. The number of aromatic amines is 1. The molecule has 0 fully saturated rings. The lowest BCUT2D eigenvalue weighted by Gasteiger charge is -2.27. The molecule has 0 aromatic carbocycles. The Hall–Kier alpha value is -2.28. The number of amides is 1. The minimum absolute atomic E-state index is 0.185. The maximum Gasteiger partial charge on any atom is 0.254 e. The van der Waals surface area contributed by atoms with Crippen LogP contribution in [0.5, 0.6) is 0 Å². The summed E-state index contributed by atoms with van der Waals surface area (Å²) in [5.41, 5.74) is 3.51. The Bertz CT molecular complexity index is 697. The first-order chi connectivity index (χ1) is 10.5. The molecule has 0 spiro atoms. The van der Waals surface area contributed by atoms with Gasteiger partial charge in [0.2, 0.25) is 5.95 Å². The molecule has 1 aliphatic rings. The SMILES string of the molecule is CN(C)Cc1n[nH]c2c1CCN(C(=O)c1ccnc(F)c1)C2. The predicted molar refractivity (Wildman–Crippen MR) is 78.6 cm³/mol. The number of pyridine rings is 1. The van der Waals surface area contributed by atoms with Gasteiger partial charge in [-0.25, -0.2) is 4.98 Å². The Balaban J connectivity index is 1.77. The predicted octanol–water partition coefficient (Wildman–Crippen LogP) is 1.20. The minimum Gasteiger partial charge on any atom is -0.332 e. The van der Waals surface area contributed by atoms with Crippen molar-refractivity contribution >= 4 is 5.91 Å². The normalized spacial score (nSPS) is 14.3. The first kappa shape index (κ1) is 14.6. The maximum absolute atomic E-state index is 13.2. The summed E-state index contributed by atoms with van der Waals surface area (Å²) in [7, 11) is 4.00. The highest BCUT2D eigenvalue weighted by atomic mass is 19.1. The van der Waals surface area contributed by atoms with Gasteiger partial charge in [0, 0.05) is 36.5 Å². The smallest absolute Gasteiger partial charge is 0.254 e. The lowest BCUT2D eigenvalue weighted by molar-refractivity contribution is 0.0731. The van der Waals surface area contributed by atoms with Crippen molar-refractivity contribution in [2.75, 3.05) is 20.6 Å². The first-order valence-electron chi connectivity index (χ1n) is 7.15. The van der Waals surface area contributed by atoms with Crippen molar-refractivity contribution < 1.29 is 9.18 Å². The fourth-order valence-corrected chi connectivity index (χ4v) is 2.71. The highest BCUT2D eigenvalue weighted by molar-refractivity contribution is 5.94. The zero-order valence-electron chi connectivity index (χ0n) is 12.6. The van der Waals surface area contributed by atoms with Crippen LogP contribution in [-0.2, 0) is 19.5 Å². The van der Waals surface area contributed by atoms with Crippen molar-refractivity contribution in [3.63, 3.8) is 0 Å². The van der Waals surface area contributed by atoms with Gasteiger partial charge >= 0.3 is 0 Å². The van der Waals surface area contributed by atoms with Crippen molar-refractivity contribution in [3.8, 4) is 0 Å². The number of carbonyl (C=O) groups excluding carboxylic acids is 1. The third kappa shape index (κ3) is 2.85. The van der Waals surface area contributed by atoms with E-state index in [1.807, 2.05) is 14.1 Å². The van der Waals surface area contributed by atoms with E-state index in [9.17, 15) is 9.18 Å². The van der Waals surface area contributed by atoms with Gasteiger partial charge in [-0.1, -0.05) is 0 Å². The second-order valence-electron chi connectivity index (χ2n) is 5.71. The van der Waals surface area contributed by atoms with Crippen LogP contribution in [0.1, 0.15) is 27.3 Å². The third-order valence-corrected chi connectivity index (χ3v) is 3.75. The summed E-state index contributed by atoms with van der Waals surface area (Å²) in [5.74, 6) is -0.825. The van der Waals surface area contributed by atoms with Gasteiger partial charge in [0.15, 0.2) is 0 Å². The van der Waals surface area contributed by atoms with Crippen LogP contribution in [0.4, 0.5) is 4.39 Å². The molecule has 1 amide bonds. The minimum atomic E-state index is -0.640. The summed E-state index contributed by atoms with van der Waals surface area (Å²) >= 11 is 0. The van der Waals surface area contributed by atoms with E-state index in [0.717, 1.165) is 24.4 Å². The van der Waals surface area contributed by atoms with Gasteiger partial charge in [0.1, 0.15) is 0 Å². The Morgan fingerprint density at radius 3 is 3.05 bits per heavy atom. The second kappa shape index (κ2) is 5.84. The molecular weight excluding hydrogens is 285 g/mol. The summed E-state index contributed by atoms with van der Waals surface area (Å²) in [5, 5.41) is 7.37. The molecule has 1 aliphatic heterocycles. The lowest BCUT2D eigenvalue weighted by atomic mass is 10.0. The van der Waals surface area contributed by atoms with Crippen LogP contribution >= 0.6 is 0 Å². The lowest BCUT2D eigenvalue weighted by Crippen LogP contribution is -2.36. The van der Waals surface area contributed by atoms with Crippen LogP contribution in [0.3, 0.4) is 0 Å². The zero-order valence-corrected chi connectivity index (χ0v) is 12.6. The average molecular weight is 303 g/mol. The van der Waals surface area contributed by atoms with E-state index < -0.39 is 5.95 Å². The number of rotatable bonds is 3. The molecule has 1 N–H and O–H groups in total. The molecule has 2 aromatic rings. The van der Waals surface area contributed by atoms with E-state index in [2.05, 4.69) is 20.1 Å². The highest BCUT2D eigenvalue weighted by Gasteiger charge is 2.25. The summed E-state index contributed by atoms with van der Waals surface area (Å²) in [6, 6.07) is 2.70. The number of nitrogens with one attached hydrogen (secondary N) is 1. The average Bonchev–Trinajstić information content (AvgIpc) is 2.88. The number of halogens is 1. The van der Waals surface area contributed by atoms with Gasteiger partial charge in [-0.15, -0.1) is 0 Å². The number of aromatic nitrogens is 3. The monoisotopic (exact) mass is 303 g/mol. The van der Waals surface area contributed by atoms with Crippen molar-refractivity contribution in [2.24, 2.45) is 0 Å². The number of hydrogen-bond acceptors (Lipinski definition) is 4. The van der Waals surface area contributed by atoms with E-state index in [4.69, 9.17) is 0 Å². The van der Waals surface area contributed by atoms with Crippen LogP contribution in [0.2, 0.25) is 0 Å². The molecule has 0 radical (unpaired) electrons. The van der Waals surface area contributed by atoms with Gasteiger partial charge in [-0.2, -0.15) is 9.49 Å². The van der Waals surface area contributed by atoms with Gasteiger partial charge in [0.25, 0.3) is 5.91 Å². The topological polar surface area (TPSA) is 65.1 Å². The largest absolute Gasteiger partial charge is 0.332 e. The number of H-pyrrole nitrogens is 1. The Kier molecular flexibility index (Phi) is 3.89. The maximum atomic E-state index is 13.2. The quantitative estimate of drug-likeness (QED) is 0.866. The van der Waals surface area contributed by atoms with E-state index in [1.165, 1.54) is 23.9 Å². The van der Waals surface area contributed by atoms with E-state index in [-0.39, 0.29) is 5.91 Å².